The Morgan fingerprint density at radius 1 is 1.58 bits per heavy atom. The third-order valence-electron chi connectivity index (χ3n) is 2.24. The van der Waals surface area contributed by atoms with E-state index in [1.54, 1.807) is 36.1 Å². The second kappa shape index (κ2) is 6.98. The van der Waals surface area contributed by atoms with E-state index < -0.39 is 0 Å². The smallest absolute Gasteiger partial charge is 0.226 e. The third-order valence-corrected chi connectivity index (χ3v) is 4.66. The van der Waals surface area contributed by atoms with E-state index in [9.17, 15) is 4.79 Å². The summed E-state index contributed by atoms with van der Waals surface area (Å²) < 4.78 is 5.67. The van der Waals surface area contributed by atoms with E-state index in [-0.39, 0.29) is 5.91 Å². The molecule has 0 aliphatic rings. The normalized spacial score (nSPS) is 10.6. The summed E-state index contributed by atoms with van der Waals surface area (Å²) in [4.78, 5) is 12.8. The summed E-state index contributed by atoms with van der Waals surface area (Å²) in [5.41, 5.74) is 0. The number of thiophene rings is 1. The lowest BCUT2D eigenvalue weighted by molar-refractivity contribution is -0.115. The number of anilines is 1. The molecule has 2 aromatic heterocycles. The maximum Gasteiger partial charge on any atom is 0.226 e. The molecule has 1 N–H and O–H groups in total. The van der Waals surface area contributed by atoms with Gasteiger partial charge in [0.2, 0.25) is 5.91 Å². The number of hydrogen-bond donors (Lipinski definition) is 1. The van der Waals surface area contributed by atoms with Crippen LogP contribution in [0.25, 0.3) is 0 Å². The van der Waals surface area contributed by atoms with E-state index in [0.717, 1.165) is 15.8 Å². The molecule has 2 heterocycles. The molecule has 0 saturated carbocycles. The average Bonchev–Trinajstić information content (AvgIpc) is 2.94. The molecule has 0 radical (unpaired) electrons. The van der Waals surface area contributed by atoms with Gasteiger partial charge in [-0.3, -0.25) is 4.79 Å². The standard InChI is InChI=1S/C12H13ClN2O2S2/c1-8-6-11(15-17-8)14-12(16)4-5-18-7-9-2-3-10(13)19-9/h2-3,6H,4-5,7H2,1H3,(H,14,15,16). The molecule has 4 nitrogen and oxygen atoms in total. The molecule has 19 heavy (non-hydrogen) atoms. The molecule has 2 rings (SSSR count). The molecule has 0 aromatic carbocycles. The fourth-order valence-corrected chi connectivity index (χ4v) is 3.54. The van der Waals surface area contributed by atoms with Gasteiger partial charge in [0.1, 0.15) is 5.76 Å². The maximum absolute atomic E-state index is 11.6. The molecule has 0 spiro atoms. The third kappa shape index (κ3) is 4.89. The van der Waals surface area contributed by atoms with E-state index in [1.807, 2.05) is 12.1 Å². The zero-order chi connectivity index (χ0) is 13.7. The number of hydrogen-bond acceptors (Lipinski definition) is 5. The minimum Gasteiger partial charge on any atom is -0.360 e. The van der Waals surface area contributed by atoms with Crippen molar-refractivity contribution in [2.75, 3.05) is 11.1 Å². The molecule has 0 fully saturated rings. The van der Waals surface area contributed by atoms with Gasteiger partial charge in [0.15, 0.2) is 5.82 Å². The zero-order valence-corrected chi connectivity index (χ0v) is 12.7. The quantitative estimate of drug-likeness (QED) is 0.820. The van der Waals surface area contributed by atoms with Crippen molar-refractivity contribution in [3.8, 4) is 0 Å². The van der Waals surface area contributed by atoms with Crippen molar-refractivity contribution in [3.05, 3.63) is 33.2 Å². The van der Waals surface area contributed by atoms with Crippen LogP contribution >= 0.6 is 34.7 Å². The Labute approximate surface area is 124 Å². The predicted octanol–water partition coefficient (Wildman–Crippen LogP) is 3.96. The van der Waals surface area contributed by atoms with Gasteiger partial charge in [-0.05, 0) is 19.1 Å². The monoisotopic (exact) mass is 316 g/mol. The number of rotatable bonds is 6. The molecule has 2 aromatic rings. The number of nitrogens with one attached hydrogen (secondary N) is 1. The molecule has 7 heteroatoms. The van der Waals surface area contributed by atoms with Gasteiger partial charge >= 0.3 is 0 Å². The molecule has 1 amide bonds. The van der Waals surface area contributed by atoms with E-state index in [4.69, 9.17) is 16.1 Å². The van der Waals surface area contributed by atoms with Crippen LogP contribution in [0.4, 0.5) is 5.82 Å². The molecular weight excluding hydrogens is 304 g/mol. The minimum atomic E-state index is -0.0509. The van der Waals surface area contributed by atoms with Crippen LogP contribution < -0.4 is 5.32 Å². The zero-order valence-electron chi connectivity index (χ0n) is 10.3. The lowest BCUT2D eigenvalue weighted by Crippen LogP contribution is -2.12. The molecular formula is C12H13ClN2O2S2. The Bertz CT molecular complexity index is 553. The van der Waals surface area contributed by atoms with Gasteiger partial charge in [-0.15, -0.1) is 11.3 Å². The van der Waals surface area contributed by atoms with E-state index in [2.05, 4.69) is 10.5 Å². The molecule has 0 bridgehead atoms. The van der Waals surface area contributed by atoms with E-state index in [0.29, 0.717) is 18.0 Å². The first-order valence-electron chi connectivity index (χ1n) is 5.68. The highest BCUT2D eigenvalue weighted by molar-refractivity contribution is 7.98. The van der Waals surface area contributed by atoms with Gasteiger partial charge in [0, 0.05) is 28.9 Å². The van der Waals surface area contributed by atoms with Crippen molar-refractivity contribution in [3.63, 3.8) is 0 Å². The predicted molar refractivity (Wildman–Crippen MR) is 80.0 cm³/mol. The molecule has 0 unspecified atom stereocenters. The van der Waals surface area contributed by atoms with Crippen LogP contribution in [0.15, 0.2) is 22.7 Å². The Hall–Kier alpha value is -0.980. The highest BCUT2D eigenvalue weighted by Crippen LogP contribution is 2.25. The number of aromatic nitrogens is 1. The fraction of sp³-hybridized carbons (Fsp3) is 0.333. The number of aryl methyl sites for hydroxylation is 1. The number of carbonyl (C=O) groups is 1. The maximum atomic E-state index is 11.6. The van der Waals surface area contributed by atoms with Gasteiger partial charge in [-0.1, -0.05) is 16.8 Å². The Balaban J connectivity index is 1.64. The van der Waals surface area contributed by atoms with Crippen LogP contribution in [-0.4, -0.2) is 16.8 Å². The molecule has 0 aliphatic carbocycles. The van der Waals surface area contributed by atoms with Crippen LogP contribution in [0.5, 0.6) is 0 Å². The summed E-state index contributed by atoms with van der Waals surface area (Å²) in [6, 6.07) is 5.60. The van der Waals surface area contributed by atoms with Crippen LogP contribution in [-0.2, 0) is 10.5 Å². The van der Waals surface area contributed by atoms with Crippen molar-refractivity contribution in [1.82, 2.24) is 5.16 Å². The summed E-state index contributed by atoms with van der Waals surface area (Å²) in [6.45, 7) is 1.78. The highest BCUT2D eigenvalue weighted by atomic mass is 35.5. The largest absolute Gasteiger partial charge is 0.360 e. The van der Waals surface area contributed by atoms with Crippen LogP contribution in [0.3, 0.4) is 0 Å². The van der Waals surface area contributed by atoms with Crippen molar-refractivity contribution in [1.29, 1.82) is 0 Å². The minimum absolute atomic E-state index is 0.0509. The Morgan fingerprint density at radius 2 is 2.42 bits per heavy atom. The number of nitrogens with zero attached hydrogens (tertiary/aromatic N) is 1. The molecule has 0 aliphatic heterocycles. The number of thioether (sulfide) groups is 1. The molecule has 0 saturated heterocycles. The second-order valence-corrected chi connectivity index (χ2v) is 6.78. The van der Waals surface area contributed by atoms with Crippen molar-refractivity contribution in [2.24, 2.45) is 0 Å². The molecule has 0 atom stereocenters. The van der Waals surface area contributed by atoms with Crippen molar-refractivity contribution < 1.29 is 9.32 Å². The topological polar surface area (TPSA) is 55.1 Å². The summed E-state index contributed by atoms with van der Waals surface area (Å²) in [6.07, 6.45) is 0.454. The summed E-state index contributed by atoms with van der Waals surface area (Å²) in [7, 11) is 0. The van der Waals surface area contributed by atoms with Crippen molar-refractivity contribution in [2.45, 2.75) is 19.1 Å². The van der Waals surface area contributed by atoms with Crippen LogP contribution in [0, 0.1) is 6.92 Å². The van der Waals surface area contributed by atoms with Gasteiger partial charge in [0.05, 0.1) is 4.34 Å². The first-order chi connectivity index (χ1) is 9.13. The fourth-order valence-electron chi connectivity index (χ4n) is 1.40. The van der Waals surface area contributed by atoms with Crippen LogP contribution in [0.2, 0.25) is 4.34 Å². The van der Waals surface area contributed by atoms with E-state index >= 15 is 0 Å². The van der Waals surface area contributed by atoms with Gasteiger partial charge < -0.3 is 9.84 Å². The van der Waals surface area contributed by atoms with Crippen molar-refractivity contribution >= 4 is 46.4 Å². The lowest BCUT2D eigenvalue weighted by atomic mass is 10.4. The molecule has 102 valence electrons. The first kappa shape index (κ1) is 14.4. The number of carbonyl (C=O) groups excluding carboxylic acids is 1. The summed E-state index contributed by atoms with van der Waals surface area (Å²) in [5.74, 6) is 2.74. The van der Waals surface area contributed by atoms with Gasteiger partial charge in [-0.25, -0.2) is 0 Å². The van der Waals surface area contributed by atoms with Gasteiger partial charge in [-0.2, -0.15) is 11.8 Å². The number of halogens is 1. The van der Waals surface area contributed by atoms with E-state index in [1.165, 1.54) is 4.88 Å². The Morgan fingerprint density at radius 3 is 3.05 bits per heavy atom. The second-order valence-electron chi connectivity index (χ2n) is 3.88. The highest BCUT2D eigenvalue weighted by Gasteiger charge is 2.06. The first-order valence-corrected chi connectivity index (χ1v) is 8.03. The summed E-state index contributed by atoms with van der Waals surface area (Å²) >= 11 is 9.13. The number of amides is 1. The Kier molecular flexibility index (Phi) is 5.30. The average molecular weight is 317 g/mol. The SMILES string of the molecule is Cc1cc(NC(=O)CCSCc2ccc(Cl)s2)no1. The van der Waals surface area contributed by atoms with Gasteiger partial charge in [0.25, 0.3) is 0 Å². The summed E-state index contributed by atoms with van der Waals surface area (Å²) in [5, 5.41) is 6.40. The van der Waals surface area contributed by atoms with Crippen LogP contribution in [0.1, 0.15) is 17.1 Å². The lowest BCUT2D eigenvalue weighted by Gasteiger charge is -2.01.